The lowest BCUT2D eigenvalue weighted by molar-refractivity contribution is -0.143. The highest BCUT2D eigenvalue weighted by Crippen LogP contribution is 2.29. The number of carboxylic acid groups (broad SMARTS) is 1. The zero-order valence-corrected chi connectivity index (χ0v) is 12.1. The number of aliphatic carboxylic acids is 1. The Labute approximate surface area is 120 Å². The topological polar surface area (TPSA) is 50.2 Å². The summed E-state index contributed by atoms with van der Waals surface area (Å²) in [6.45, 7) is 1.75. The molecule has 0 spiro atoms. The third-order valence-electron chi connectivity index (χ3n) is 3.26. The van der Waals surface area contributed by atoms with Crippen molar-refractivity contribution in [1.29, 1.82) is 0 Å². The predicted molar refractivity (Wildman–Crippen MR) is 77.1 cm³/mol. The van der Waals surface area contributed by atoms with E-state index in [2.05, 4.69) is 20.9 Å². The summed E-state index contributed by atoms with van der Waals surface area (Å²) in [4.78, 5) is 15.6. The van der Waals surface area contributed by atoms with Crippen LogP contribution >= 0.6 is 15.9 Å². The average Bonchev–Trinajstić information content (AvgIpc) is 2.40. The molecule has 0 aliphatic carbocycles. The molecule has 0 amide bonds. The number of pyridine rings is 1. The molecule has 1 aromatic carbocycles. The highest BCUT2D eigenvalue weighted by Gasteiger charge is 2.35. The van der Waals surface area contributed by atoms with Gasteiger partial charge in [-0.05, 0) is 48.7 Å². The van der Waals surface area contributed by atoms with Gasteiger partial charge in [0.1, 0.15) is 0 Å². The fourth-order valence-electron chi connectivity index (χ4n) is 2.03. The number of carboxylic acids is 1. The number of hydrogen-bond donors (Lipinski definition) is 1. The quantitative estimate of drug-likeness (QED) is 0.939. The van der Waals surface area contributed by atoms with Crippen LogP contribution < -0.4 is 0 Å². The van der Waals surface area contributed by atoms with Crippen molar-refractivity contribution in [3.05, 3.63) is 64.4 Å². The minimum absolute atomic E-state index is 0.437. The predicted octanol–water partition coefficient (Wildman–Crippen LogP) is 3.43. The van der Waals surface area contributed by atoms with Gasteiger partial charge in [-0.15, -0.1) is 0 Å². The lowest BCUT2D eigenvalue weighted by Gasteiger charge is -2.25. The molecule has 1 atom stereocenters. The molecule has 3 nitrogen and oxygen atoms in total. The van der Waals surface area contributed by atoms with E-state index in [-0.39, 0.29) is 0 Å². The van der Waals surface area contributed by atoms with Crippen molar-refractivity contribution in [2.45, 2.75) is 18.8 Å². The van der Waals surface area contributed by atoms with Crippen LogP contribution in [0.15, 0.2) is 53.3 Å². The summed E-state index contributed by atoms with van der Waals surface area (Å²) in [6.07, 6.45) is 3.80. The van der Waals surface area contributed by atoms with Crippen LogP contribution in [0.5, 0.6) is 0 Å². The van der Waals surface area contributed by atoms with E-state index < -0.39 is 11.4 Å². The zero-order chi connectivity index (χ0) is 13.9. The molecule has 19 heavy (non-hydrogen) atoms. The van der Waals surface area contributed by atoms with Gasteiger partial charge in [0.2, 0.25) is 0 Å². The highest BCUT2D eigenvalue weighted by atomic mass is 79.9. The normalized spacial score (nSPS) is 13.8. The maximum absolute atomic E-state index is 11.7. The van der Waals surface area contributed by atoms with E-state index in [1.54, 1.807) is 19.3 Å². The molecule has 0 fully saturated rings. The SMILES string of the molecule is CC(Cc1ccncc1)(C(=O)O)c1ccc(Br)cc1. The van der Waals surface area contributed by atoms with Gasteiger partial charge >= 0.3 is 5.97 Å². The molecule has 98 valence electrons. The molecule has 1 N–H and O–H groups in total. The van der Waals surface area contributed by atoms with Crippen molar-refractivity contribution in [2.24, 2.45) is 0 Å². The van der Waals surface area contributed by atoms with E-state index in [9.17, 15) is 9.90 Å². The average molecular weight is 320 g/mol. The molecule has 2 aromatic rings. The second-order valence-corrected chi connectivity index (χ2v) is 5.59. The summed E-state index contributed by atoms with van der Waals surface area (Å²) < 4.78 is 0.938. The molecule has 2 rings (SSSR count). The molecule has 4 heteroatoms. The van der Waals surface area contributed by atoms with Crippen molar-refractivity contribution < 1.29 is 9.90 Å². The second kappa shape index (κ2) is 5.53. The Morgan fingerprint density at radius 1 is 1.21 bits per heavy atom. The molecule has 0 saturated heterocycles. The first kappa shape index (κ1) is 13.7. The molecular weight excluding hydrogens is 306 g/mol. The molecule has 0 bridgehead atoms. The van der Waals surface area contributed by atoms with Gasteiger partial charge in [-0.2, -0.15) is 0 Å². The smallest absolute Gasteiger partial charge is 0.314 e. The van der Waals surface area contributed by atoms with Crippen LogP contribution in [0.4, 0.5) is 0 Å². The van der Waals surface area contributed by atoms with Gasteiger partial charge in [0.05, 0.1) is 5.41 Å². The van der Waals surface area contributed by atoms with Crippen molar-refractivity contribution in [1.82, 2.24) is 4.98 Å². The first-order valence-electron chi connectivity index (χ1n) is 5.91. The summed E-state index contributed by atoms with van der Waals surface area (Å²) in [5, 5.41) is 9.59. The molecule has 1 unspecified atom stereocenters. The Morgan fingerprint density at radius 2 is 1.79 bits per heavy atom. The molecule has 1 heterocycles. The van der Waals surface area contributed by atoms with Crippen LogP contribution in [-0.2, 0) is 16.6 Å². The first-order chi connectivity index (χ1) is 9.02. The second-order valence-electron chi connectivity index (χ2n) is 4.68. The molecule has 0 aliphatic heterocycles. The van der Waals surface area contributed by atoms with E-state index in [1.807, 2.05) is 36.4 Å². The summed E-state index contributed by atoms with van der Waals surface area (Å²) >= 11 is 3.36. The lowest BCUT2D eigenvalue weighted by Crippen LogP contribution is -2.34. The van der Waals surface area contributed by atoms with Gasteiger partial charge in [-0.1, -0.05) is 28.1 Å². The number of halogens is 1. The highest BCUT2D eigenvalue weighted by molar-refractivity contribution is 9.10. The Kier molecular flexibility index (Phi) is 4.00. The van der Waals surface area contributed by atoms with Crippen LogP contribution in [0.2, 0.25) is 0 Å². The monoisotopic (exact) mass is 319 g/mol. The van der Waals surface area contributed by atoms with Gasteiger partial charge in [0.25, 0.3) is 0 Å². The van der Waals surface area contributed by atoms with Crippen LogP contribution in [0, 0.1) is 0 Å². The third kappa shape index (κ3) is 3.01. The van der Waals surface area contributed by atoms with E-state index in [0.717, 1.165) is 15.6 Å². The summed E-state index contributed by atoms with van der Waals surface area (Å²) in [5.74, 6) is -0.827. The Hall–Kier alpha value is -1.68. The van der Waals surface area contributed by atoms with Crippen LogP contribution in [-0.4, -0.2) is 16.1 Å². The lowest BCUT2D eigenvalue weighted by atomic mass is 9.77. The van der Waals surface area contributed by atoms with Crippen molar-refractivity contribution >= 4 is 21.9 Å². The Morgan fingerprint density at radius 3 is 2.32 bits per heavy atom. The largest absolute Gasteiger partial charge is 0.481 e. The van der Waals surface area contributed by atoms with Gasteiger partial charge in [0, 0.05) is 16.9 Å². The number of rotatable bonds is 4. The van der Waals surface area contributed by atoms with Gasteiger partial charge < -0.3 is 5.11 Å². The number of aromatic nitrogens is 1. The maximum atomic E-state index is 11.7. The molecular formula is C15H14BrNO2. The Bertz CT molecular complexity index is 568. The van der Waals surface area contributed by atoms with Crippen molar-refractivity contribution in [2.75, 3.05) is 0 Å². The van der Waals surface area contributed by atoms with Gasteiger partial charge in [-0.25, -0.2) is 0 Å². The zero-order valence-electron chi connectivity index (χ0n) is 10.5. The fourth-order valence-corrected chi connectivity index (χ4v) is 2.29. The van der Waals surface area contributed by atoms with Crippen LogP contribution in [0.3, 0.4) is 0 Å². The van der Waals surface area contributed by atoms with E-state index in [0.29, 0.717) is 6.42 Å². The van der Waals surface area contributed by atoms with Crippen LogP contribution in [0.25, 0.3) is 0 Å². The van der Waals surface area contributed by atoms with Gasteiger partial charge in [0.15, 0.2) is 0 Å². The van der Waals surface area contributed by atoms with Crippen molar-refractivity contribution in [3.8, 4) is 0 Å². The fraction of sp³-hybridized carbons (Fsp3) is 0.200. The minimum Gasteiger partial charge on any atom is -0.481 e. The number of nitrogens with zero attached hydrogens (tertiary/aromatic N) is 1. The minimum atomic E-state index is -0.942. The summed E-state index contributed by atoms with van der Waals surface area (Å²) in [5.41, 5.74) is 0.810. The van der Waals surface area contributed by atoms with E-state index in [1.165, 1.54) is 0 Å². The number of benzene rings is 1. The first-order valence-corrected chi connectivity index (χ1v) is 6.70. The standard InChI is InChI=1S/C15H14BrNO2/c1-15(14(18)19,10-11-6-8-17-9-7-11)12-2-4-13(16)5-3-12/h2-9H,10H2,1H3,(H,18,19). The molecule has 1 aromatic heterocycles. The van der Waals surface area contributed by atoms with Crippen molar-refractivity contribution in [3.63, 3.8) is 0 Å². The number of carbonyl (C=O) groups is 1. The summed E-state index contributed by atoms with van der Waals surface area (Å²) in [6, 6.07) is 11.1. The third-order valence-corrected chi connectivity index (χ3v) is 3.79. The Balaban J connectivity index is 2.38. The van der Waals surface area contributed by atoms with Crippen LogP contribution in [0.1, 0.15) is 18.1 Å². The summed E-state index contributed by atoms with van der Waals surface area (Å²) in [7, 11) is 0. The number of hydrogen-bond acceptors (Lipinski definition) is 2. The van der Waals surface area contributed by atoms with E-state index in [4.69, 9.17) is 0 Å². The molecule has 0 radical (unpaired) electrons. The molecule has 0 saturated carbocycles. The molecule has 0 aliphatic rings. The van der Waals surface area contributed by atoms with E-state index >= 15 is 0 Å². The maximum Gasteiger partial charge on any atom is 0.314 e. The van der Waals surface area contributed by atoms with Gasteiger partial charge in [-0.3, -0.25) is 9.78 Å².